The van der Waals surface area contributed by atoms with E-state index in [0.29, 0.717) is 0 Å². The third-order valence-electron chi connectivity index (χ3n) is 8.51. The molecule has 0 saturated heterocycles. The molecule has 6 aromatic rings. The molecule has 39 heavy (non-hydrogen) atoms. The highest BCUT2D eigenvalue weighted by Gasteiger charge is 2.32. The predicted octanol–water partition coefficient (Wildman–Crippen LogP) is 9.29. The lowest BCUT2D eigenvalue weighted by Crippen LogP contribution is -2.19. The van der Waals surface area contributed by atoms with E-state index in [4.69, 9.17) is 9.47 Å². The zero-order valence-corrected chi connectivity index (χ0v) is 21.9. The van der Waals surface area contributed by atoms with Gasteiger partial charge in [-0.2, -0.15) is 0 Å². The van der Waals surface area contributed by atoms with Gasteiger partial charge in [0.15, 0.2) is 0 Å². The normalized spacial score (nSPS) is 14.1. The number of rotatable bonds is 2. The van der Waals surface area contributed by atoms with Crippen molar-refractivity contribution in [1.29, 1.82) is 0 Å². The second-order valence-electron chi connectivity index (χ2n) is 10.5. The highest BCUT2D eigenvalue weighted by molar-refractivity contribution is 5.87. The van der Waals surface area contributed by atoms with E-state index in [1.807, 2.05) is 24.3 Å². The van der Waals surface area contributed by atoms with Crippen molar-refractivity contribution in [1.82, 2.24) is 4.57 Å². The maximum absolute atomic E-state index is 6.36. The average Bonchev–Trinajstić information content (AvgIpc) is 3.23. The molecule has 3 nitrogen and oxygen atoms in total. The van der Waals surface area contributed by atoms with Crippen LogP contribution in [0.15, 0.2) is 115 Å². The zero-order valence-electron chi connectivity index (χ0n) is 21.9. The Morgan fingerprint density at radius 2 is 1.00 bits per heavy atom. The van der Waals surface area contributed by atoms with Gasteiger partial charge < -0.3 is 14.0 Å². The Hall–Kier alpha value is -4.76. The van der Waals surface area contributed by atoms with Crippen LogP contribution in [0.2, 0.25) is 0 Å². The number of nitrogens with zero attached hydrogens (tertiary/aromatic N) is 1. The number of benzene rings is 5. The van der Waals surface area contributed by atoms with Crippen LogP contribution in [0.3, 0.4) is 0 Å². The molecule has 188 valence electrons. The molecule has 0 unspecified atom stereocenters. The van der Waals surface area contributed by atoms with Gasteiger partial charge in [0.1, 0.15) is 23.0 Å². The molecule has 0 radical (unpaired) electrons. The van der Waals surface area contributed by atoms with Gasteiger partial charge in [0, 0.05) is 44.8 Å². The molecule has 0 spiro atoms. The van der Waals surface area contributed by atoms with Crippen LogP contribution in [0.5, 0.6) is 23.0 Å². The third kappa shape index (κ3) is 3.23. The maximum Gasteiger partial charge on any atom is 0.133 e. The van der Waals surface area contributed by atoms with Crippen molar-refractivity contribution < 1.29 is 9.47 Å². The molecule has 0 aliphatic carbocycles. The first-order valence-corrected chi connectivity index (χ1v) is 13.5. The number of fused-ring (bicyclic) bond motifs is 5. The van der Waals surface area contributed by atoms with Crippen LogP contribution in [-0.2, 0) is 0 Å². The highest BCUT2D eigenvalue weighted by atomic mass is 16.5. The molecule has 0 saturated carbocycles. The first kappa shape index (κ1) is 22.2. The minimum absolute atomic E-state index is 0.0202. The van der Waals surface area contributed by atoms with E-state index in [0.717, 1.165) is 23.0 Å². The first-order chi connectivity index (χ1) is 19.2. The summed E-state index contributed by atoms with van der Waals surface area (Å²) in [5.41, 5.74) is 9.84. The largest absolute Gasteiger partial charge is 0.457 e. The summed E-state index contributed by atoms with van der Waals surface area (Å²) in [6, 6.07) is 40.7. The van der Waals surface area contributed by atoms with E-state index in [1.54, 1.807) is 0 Å². The minimum Gasteiger partial charge on any atom is -0.457 e. The van der Waals surface area contributed by atoms with Gasteiger partial charge in [0.2, 0.25) is 0 Å². The van der Waals surface area contributed by atoms with Gasteiger partial charge in [-0.3, -0.25) is 0 Å². The molecular weight excluding hydrogens is 478 g/mol. The molecule has 0 fully saturated rings. The summed E-state index contributed by atoms with van der Waals surface area (Å²) in [6.07, 6.45) is 0. The molecule has 0 N–H and O–H groups in total. The molecule has 2 aliphatic rings. The molecule has 8 rings (SSSR count). The lowest BCUT2D eigenvalue weighted by molar-refractivity contribution is 0.435. The Kier molecular flexibility index (Phi) is 4.78. The predicted molar refractivity (Wildman–Crippen MR) is 156 cm³/mol. The van der Waals surface area contributed by atoms with Crippen molar-refractivity contribution in [2.75, 3.05) is 0 Å². The Bertz CT molecular complexity index is 1820. The lowest BCUT2D eigenvalue weighted by Gasteiger charge is -2.31. The summed E-state index contributed by atoms with van der Waals surface area (Å²) >= 11 is 0. The van der Waals surface area contributed by atoms with Gasteiger partial charge in [0.05, 0.1) is 6.04 Å². The number of hydrogen-bond donors (Lipinski definition) is 0. The fourth-order valence-electron chi connectivity index (χ4n) is 6.57. The maximum atomic E-state index is 6.36. The monoisotopic (exact) mass is 505 g/mol. The molecule has 1 aromatic heterocycles. The number of aromatic nitrogens is 1. The van der Waals surface area contributed by atoms with Crippen LogP contribution in [0.4, 0.5) is 0 Å². The number of aryl methyl sites for hydroxylation is 1. The summed E-state index contributed by atoms with van der Waals surface area (Å²) in [5, 5.41) is 1.28. The lowest BCUT2D eigenvalue weighted by atomic mass is 9.82. The smallest absolute Gasteiger partial charge is 0.133 e. The topological polar surface area (TPSA) is 23.4 Å². The second kappa shape index (κ2) is 8.37. The SMILES string of the molecule is Cc1c(C)n(C2c3ccccc3Oc3ccccc32)c2cc(C3c4ccccc4Oc4ccccc43)ccc12. The van der Waals surface area contributed by atoms with Crippen LogP contribution in [0.25, 0.3) is 10.9 Å². The van der Waals surface area contributed by atoms with Crippen LogP contribution in [0.1, 0.15) is 51.0 Å². The summed E-state index contributed by atoms with van der Waals surface area (Å²) < 4.78 is 15.2. The van der Waals surface area contributed by atoms with E-state index < -0.39 is 0 Å². The number of para-hydroxylation sites is 4. The molecule has 3 heterocycles. The minimum atomic E-state index is 0.0202. The number of ether oxygens (including phenoxy) is 2. The fraction of sp³-hybridized carbons (Fsp3) is 0.111. The van der Waals surface area contributed by atoms with E-state index in [2.05, 4.69) is 109 Å². The zero-order chi connectivity index (χ0) is 26.1. The van der Waals surface area contributed by atoms with Gasteiger partial charge in [-0.25, -0.2) is 0 Å². The Balaban J connectivity index is 1.39. The van der Waals surface area contributed by atoms with Crippen molar-refractivity contribution in [2.45, 2.75) is 25.8 Å². The summed E-state index contributed by atoms with van der Waals surface area (Å²) in [7, 11) is 0. The van der Waals surface area contributed by atoms with Gasteiger partial charge in [-0.1, -0.05) is 84.9 Å². The standard InChI is InChI=1S/C36H27NO2/c1-22-23(2)37(36-28-13-5-9-17-33(28)39-34-18-10-6-14-29(34)36)30-21-24(19-20-25(22)30)35-26-11-3-7-15-31(26)38-32-16-8-4-12-27(32)35/h3-21,35-36H,1-2H3. The van der Waals surface area contributed by atoms with Crippen LogP contribution in [0, 0.1) is 13.8 Å². The molecule has 0 amide bonds. The van der Waals surface area contributed by atoms with Gasteiger partial charge >= 0.3 is 0 Å². The van der Waals surface area contributed by atoms with E-state index in [9.17, 15) is 0 Å². The van der Waals surface area contributed by atoms with E-state index >= 15 is 0 Å². The van der Waals surface area contributed by atoms with E-state index in [-0.39, 0.29) is 12.0 Å². The summed E-state index contributed by atoms with van der Waals surface area (Å²) in [6.45, 7) is 4.48. The quantitative estimate of drug-likeness (QED) is 0.234. The van der Waals surface area contributed by atoms with Crippen LogP contribution < -0.4 is 9.47 Å². The van der Waals surface area contributed by atoms with Crippen molar-refractivity contribution in [3.8, 4) is 23.0 Å². The highest BCUT2D eigenvalue weighted by Crippen LogP contribution is 2.50. The van der Waals surface area contributed by atoms with Crippen molar-refractivity contribution in [3.05, 3.63) is 154 Å². The Labute approximate surface area is 227 Å². The van der Waals surface area contributed by atoms with Crippen LogP contribution in [-0.4, -0.2) is 4.57 Å². The van der Waals surface area contributed by atoms with Crippen molar-refractivity contribution >= 4 is 10.9 Å². The van der Waals surface area contributed by atoms with E-state index in [1.165, 1.54) is 50.0 Å². The molecular formula is C36H27NO2. The first-order valence-electron chi connectivity index (χ1n) is 13.5. The van der Waals surface area contributed by atoms with Gasteiger partial charge in [-0.05, 0) is 55.3 Å². The number of hydrogen-bond acceptors (Lipinski definition) is 2. The molecule has 0 atom stereocenters. The Morgan fingerprint density at radius 1 is 0.538 bits per heavy atom. The van der Waals surface area contributed by atoms with Crippen LogP contribution >= 0.6 is 0 Å². The molecule has 2 aliphatic heterocycles. The third-order valence-corrected chi connectivity index (χ3v) is 8.51. The van der Waals surface area contributed by atoms with Crippen molar-refractivity contribution in [3.63, 3.8) is 0 Å². The fourth-order valence-corrected chi connectivity index (χ4v) is 6.57. The second-order valence-corrected chi connectivity index (χ2v) is 10.5. The summed E-state index contributed by atoms with van der Waals surface area (Å²) in [4.78, 5) is 0. The average molecular weight is 506 g/mol. The van der Waals surface area contributed by atoms with Gasteiger partial charge in [-0.15, -0.1) is 0 Å². The summed E-state index contributed by atoms with van der Waals surface area (Å²) in [5.74, 6) is 3.79. The molecule has 5 aromatic carbocycles. The van der Waals surface area contributed by atoms with Crippen molar-refractivity contribution in [2.24, 2.45) is 0 Å². The molecule has 0 bridgehead atoms. The molecule has 3 heteroatoms. The Morgan fingerprint density at radius 3 is 1.54 bits per heavy atom. The van der Waals surface area contributed by atoms with Gasteiger partial charge in [0.25, 0.3) is 0 Å².